The Kier molecular flexibility index (Phi) is 5.08. The van der Waals surface area contributed by atoms with Crippen LogP contribution in [0.4, 0.5) is 0 Å². The van der Waals surface area contributed by atoms with E-state index in [-0.39, 0.29) is 10.8 Å². The van der Waals surface area contributed by atoms with Crippen LogP contribution in [0.25, 0.3) is 11.1 Å². The van der Waals surface area contributed by atoms with Crippen molar-refractivity contribution in [2.45, 2.75) is 52.4 Å². The lowest BCUT2D eigenvalue weighted by molar-refractivity contribution is 0.730. The minimum Gasteiger partial charge on any atom is -0.263 e. The number of allylic oxidation sites excluding steroid dienone is 2. The summed E-state index contributed by atoms with van der Waals surface area (Å²) in [5.41, 5.74) is 6.33. The molecule has 0 aromatic heterocycles. The van der Waals surface area contributed by atoms with Crippen LogP contribution < -0.4 is 0 Å². The number of fused-ring (bicyclic) bond motifs is 5. The number of benzene rings is 2. The third-order valence-corrected chi connectivity index (χ3v) is 5.43. The molecule has 0 amide bonds. The van der Waals surface area contributed by atoms with Gasteiger partial charge in [0.05, 0.1) is 23.0 Å². The summed E-state index contributed by atoms with van der Waals surface area (Å²) >= 11 is 0. The van der Waals surface area contributed by atoms with Gasteiger partial charge in [0, 0.05) is 23.3 Å². The maximum Gasteiger partial charge on any atom is 0.0991 e. The van der Waals surface area contributed by atoms with E-state index in [1.54, 1.807) is 0 Å². The Morgan fingerprint density at radius 3 is 1.93 bits per heavy atom. The highest BCUT2D eigenvalue weighted by Crippen LogP contribution is 2.32. The van der Waals surface area contributed by atoms with Crippen molar-refractivity contribution in [3.05, 3.63) is 70.5 Å². The van der Waals surface area contributed by atoms with Crippen LogP contribution in [-0.2, 0) is 10.8 Å². The Bertz CT molecular complexity index is 1040. The summed E-state index contributed by atoms with van der Waals surface area (Å²) in [6, 6.07) is 16.9. The Morgan fingerprint density at radius 1 is 0.750 bits per heavy atom. The molecule has 0 N–H and O–H groups in total. The second kappa shape index (κ2) is 7.20. The van der Waals surface area contributed by atoms with Crippen molar-refractivity contribution in [3.63, 3.8) is 0 Å². The molecule has 0 saturated carbocycles. The summed E-state index contributed by atoms with van der Waals surface area (Å²) in [6.07, 6.45) is 3.95. The van der Waals surface area contributed by atoms with E-state index < -0.39 is 0 Å². The lowest BCUT2D eigenvalue weighted by atomic mass is 9.81. The summed E-state index contributed by atoms with van der Waals surface area (Å²) in [6.45, 7) is 12.5. The van der Waals surface area contributed by atoms with Gasteiger partial charge < -0.3 is 0 Å². The highest BCUT2D eigenvalue weighted by atomic mass is 14.8. The largest absolute Gasteiger partial charge is 0.263 e. The van der Waals surface area contributed by atoms with Crippen molar-refractivity contribution in [3.8, 4) is 17.2 Å². The second-order valence-electron chi connectivity index (χ2n) is 8.62. The molecule has 1 heterocycles. The van der Waals surface area contributed by atoms with E-state index in [2.05, 4.69) is 69.1 Å². The Balaban J connectivity index is 2.34. The lowest BCUT2D eigenvalue weighted by Crippen LogP contribution is -2.20. The molecule has 0 aliphatic carbocycles. The second-order valence-corrected chi connectivity index (χ2v) is 8.62. The first-order valence-corrected chi connectivity index (χ1v) is 9.57. The number of nitriles is 1. The van der Waals surface area contributed by atoms with E-state index in [9.17, 15) is 5.26 Å². The van der Waals surface area contributed by atoms with Crippen molar-refractivity contribution in [2.75, 3.05) is 0 Å². The molecule has 1 aliphatic rings. The highest BCUT2D eigenvalue weighted by Gasteiger charge is 2.22. The molecular weight excluding hydrogens is 342 g/mol. The molecule has 3 nitrogen and oxygen atoms in total. The highest BCUT2D eigenvalue weighted by molar-refractivity contribution is 5.78. The molecule has 0 saturated heterocycles. The number of hydrogen-bond acceptors (Lipinski definition) is 3. The van der Waals surface area contributed by atoms with E-state index in [0.717, 1.165) is 28.1 Å². The first kappa shape index (κ1) is 19.8. The molecule has 0 fully saturated rings. The molecule has 142 valence electrons. The average molecular weight is 370 g/mol. The van der Waals surface area contributed by atoms with Crippen molar-refractivity contribution in [1.29, 1.82) is 5.26 Å². The molecule has 0 radical (unpaired) electrons. The van der Waals surface area contributed by atoms with Crippen molar-refractivity contribution >= 4 is 12.4 Å². The predicted octanol–water partition coefficient (Wildman–Crippen LogP) is 6.19. The van der Waals surface area contributed by atoms with Gasteiger partial charge in [-0.25, -0.2) is 0 Å². The Labute approximate surface area is 168 Å². The molecule has 4 bridgehead atoms. The first-order valence-electron chi connectivity index (χ1n) is 9.57. The van der Waals surface area contributed by atoms with Crippen LogP contribution in [0.2, 0.25) is 0 Å². The monoisotopic (exact) mass is 369 g/mol. The molecule has 2 aromatic carbocycles. The van der Waals surface area contributed by atoms with Gasteiger partial charge in [0.1, 0.15) is 0 Å². The van der Waals surface area contributed by atoms with Crippen LogP contribution in [-0.4, -0.2) is 12.4 Å². The van der Waals surface area contributed by atoms with E-state index in [0.29, 0.717) is 5.56 Å². The molecular formula is C25H27N3. The minimum absolute atomic E-state index is 0.222. The minimum atomic E-state index is -0.312. The quantitative estimate of drug-likeness (QED) is 0.546. The summed E-state index contributed by atoms with van der Waals surface area (Å²) < 4.78 is 0. The lowest BCUT2D eigenvalue weighted by Gasteiger charge is -2.24. The normalized spacial score (nSPS) is 20.3. The van der Waals surface area contributed by atoms with Crippen LogP contribution in [0.5, 0.6) is 0 Å². The zero-order valence-corrected chi connectivity index (χ0v) is 17.5. The van der Waals surface area contributed by atoms with E-state index >= 15 is 0 Å². The smallest absolute Gasteiger partial charge is 0.0991 e. The average Bonchev–Trinajstić information content (AvgIpc) is 2.69. The number of hydrogen-bond donors (Lipinski definition) is 0. The molecule has 0 spiro atoms. The van der Waals surface area contributed by atoms with Crippen LogP contribution in [0.3, 0.4) is 0 Å². The fourth-order valence-electron chi connectivity index (χ4n) is 3.18. The van der Waals surface area contributed by atoms with Gasteiger partial charge in [0.2, 0.25) is 0 Å². The standard InChI is InChI=1S/C25H27N3/c1-17-18(2)28-16-25(5,6)23-11-19(14-26)10-21(13-23)20-8-7-9-22(12-20)24(3,4)15-27-17/h7-13,15-16H,1-6H3/b18-17-,27-15?,28-16?. The van der Waals surface area contributed by atoms with Gasteiger partial charge in [-0.15, -0.1) is 0 Å². The molecule has 2 aromatic rings. The van der Waals surface area contributed by atoms with Crippen LogP contribution >= 0.6 is 0 Å². The van der Waals surface area contributed by atoms with Gasteiger partial charge in [0.25, 0.3) is 0 Å². The maximum absolute atomic E-state index is 9.57. The van der Waals surface area contributed by atoms with E-state index in [1.165, 1.54) is 5.56 Å². The first-order chi connectivity index (χ1) is 13.1. The number of rotatable bonds is 0. The molecule has 1 aliphatic heterocycles. The molecule has 0 unspecified atom stereocenters. The van der Waals surface area contributed by atoms with Gasteiger partial charge in [-0.1, -0.05) is 58.0 Å². The van der Waals surface area contributed by atoms with Crippen LogP contribution in [0.15, 0.2) is 63.8 Å². The van der Waals surface area contributed by atoms with E-state index in [4.69, 9.17) is 4.99 Å². The van der Waals surface area contributed by atoms with Crippen molar-refractivity contribution in [2.24, 2.45) is 9.98 Å². The van der Waals surface area contributed by atoms with Gasteiger partial charge in [-0.05, 0) is 48.2 Å². The fraction of sp³-hybridized carbons (Fsp3) is 0.320. The van der Waals surface area contributed by atoms with E-state index in [1.807, 2.05) is 38.4 Å². The van der Waals surface area contributed by atoms with Gasteiger partial charge >= 0.3 is 0 Å². The van der Waals surface area contributed by atoms with Crippen LogP contribution in [0.1, 0.15) is 58.2 Å². The fourth-order valence-corrected chi connectivity index (χ4v) is 3.18. The van der Waals surface area contributed by atoms with Gasteiger partial charge in [-0.2, -0.15) is 5.26 Å². The zero-order valence-electron chi connectivity index (χ0n) is 17.5. The topological polar surface area (TPSA) is 48.5 Å². The number of aliphatic imine (C=N–C) groups is 2. The zero-order chi connectivity index (χ0) is 20.5. The molecule has 3 heteroatoms. The SMILES string of the molecule is C/C1=C(\C)N=CC(C)(C)c2cc(C#N)cc(c2)-c2cccc(c2)C(C)(C)C=N1. The Hall–Kier alpha value is -2.99. The summed E-state index contributed by atoms with van der Waals surface area (Å²) in [4.78, 5) is 9.39. The molecule has 0 atom stereocenters. The third-order valence-electron chi connectivity index (χ3n) is 5.43. The summed E-state index contributed by atoms with van der Waals surface area (Å²) in [5.74, 6) is 0. The summed E-state index contributed by atoms with van der Waals surface area (Å²) in [5, 5.41) is 9.57. The van der Waals surface area contributed by atoms with Gasteiger partial charge in [-0.3, -0.25) is 9.98 Å². The van der Waals surface area contributed by atoms with Crippen molar-refractivity contribution in [1.82, 2.24) is 0 Å². The van der Waals surface area contributed by atoms with Crippen LogP contribution in [0, 0.1) is 11.3 Å². The van der Waals surface area contributed by atoms with Gasteiger partial charge in [0.15, 0.2) is 0 Å². The predicted molar refractivity (Wildman–Crippen MR) is 118 cm³/mol. The maximum atomic E-state index is 9.57. The van der Waals surface area contributed by atoms with Crippen molar-refractivity contribution < 1.29 is 0 Å². The third kappa shape index (κ3) is 3.97. The molecule has 3 rings (SSSR count). The molecule has 28 heavy (non-hydrogen) atoms. The Morgan fingerprint density at radius 2 is 1.32 bits per heavy atom. The summed E-state index contributed by atoms with van der Waals surface area (Å²) in [7, 11) is 0. The number of nitrogens with zero attached hydrogens (tertiary/aromatic N) is 3.